The summed E-state index contributed by atoms with van der Waals surface area (Å²) in [6.07, 6.45) is 3.63. The highest BCUT2D eigenvalue weighted by Gasteiger charge is 2.61. The fourth-order valence-electron chi connectivity index (χ4n) is 4.65. The molecule has 2 saturated carbocycles. The van der Waals surface area contributed by atoms with Crippen molar-refractivity contribution in [1.29, 1.82) is 0 Å². The lowest BCUT2D eigenvalue weighted by Crippen LogP contribution is -2.39. The van der Waals surface area contributed by atoms with E-state index >= 15 is 0 Å². The summed E-state index contributed by atoms with van der Waals surface area (Å²) < 4.78 is 6.15. The second-order valence-corrected chi connectivity index (χ2v) is 8.20. The largest absolute Gasteiger partial charge is 0.389 e. The molecular formula is C20H31NO2. The van der Waals surface area contributed by atoms with Gasteiger partial charge in [-0.3, -0.25) is 0 Å². The van der Waals surface area contributed by atoms with E-state index in [0.29, 0.717) is 24.7 Å². The summed E-state index contributed by atoms with van der Waals surface area (Å²) in [5.41, 5.74) is 1.88. The van der Waals surface area contributed by atoms with Crippen LogP contribution in [0.3, 0.4) is 0 Å². The Morgan fingerprint density at radius 3 is 2.61 bits per heavy atom. The van der Waals surface area contributed by atoms with Crippen LogP contribution in [0.2, 0.25) is 0 Å². The van der Waals surface area contributed by atoms with E-state index in [-0.39, 0.29) is 5.41 Å². The summed E-state index contributed by atoms with van der Waals surface area (Å²) in [4.78, 5) is 0. The predicted molar refractivity (Wildman–Crippen MR) is 93.1 cm³/mol. The summed E-state index contributed by atoms with van der Waals surface area (Å²) in [7, 11) is 0. The predicted octanol–water partition coefficient (Wildman–Crippen LogP) is 3.37. The highest BCUT2D eigenvalue weighted by molar-refractivity contribution is 5.14. The van der Waals surface area contributed by atoms with Crippen LogP contribution in [0.25, 0.3) is 0 Å². The number of aliphatic hydroxyl groups is 1. The van der Waals surface area contributed by atoms with E-state index < -0.39 is 6.10 Å². The van der Waals surface area contributed by atoms with Crippen LogP contribution in [-0.4, -0.2) is 30.5 Å². The van der Waals surface area contributed by atoms with Crippen LogP contribution >= 0.6 is 0 Å². The van der Waals surface area contributed by atoms with Gasteiger partial charge in [0.15, 0.2) is 0 Å². The number of aliphatic hydroxyl groups excluding tert-OH is 1. The van der Waals surface area contributed by atoms with Gasteiger partial charge in [0, 0.05) is 13.1 Å². The second-order valence-electron chi connectivity index (χ2n) is 8.20. The molecule has 2 aliphatic rings. The van der Waals surface area contributed by atoms with Crippen LogP contribution in [-0.2, 0) is 11.3 Å². The number of ether oxygens (including phenoxy) is 1. The SMILES string of the molecule is CC1(C)C2CCC1(C)C(OCC(O)CNCc1ccccc1)C2. The number of rotatable bonds is 7. The Labute approximate surface area is 140 Å². The first-order valence-corrected chi connectivity index (χ1v) is 8.98. The van der Waals surface area contributed by atoms with E-state index in [9.17, 15) is 5.11 Å². The van der Waals surface area contributed by atoms with Gasteiger partial charge in [0.05, 0.1) is 18.8 Å². The van der Waals surface area contributed by atoms with E-state index in [2.05, 4.69) is 38.2 Å². The third-order valence-corrected chi connectivity index (χ3v) is 6.76. The number of benzene rings is 1. The van der Waals surface area contributed by atoms with Crippen molar-refractivity contribution in [1.82, 2.24) is 5.32 Å². The van der Waals surface area contributed by atoms with Crippen LogP contribution in [0.15, 0.2) is 30.3 Å². The minimum atomic E-state index is -0.440. The molecule has 4 atom stereocenters. The average molecular weight is 317 g/mol. The zero-order valence-corrected chi connectivity index (χ0v) is 14.7. The number of fused-ring (bicyclic) bond motifs is 2. The van der Waals surface area contributed by atoms with E-state index in [0.717, 1.165) is 18.9 Å². The van der Waals surface area contributed by atoms with Crippen molar-refractivity contribution in [3.63, 3.8) is 0 Å². The van der Waals surface area contributed by atoms with Crippen molar-refractivity contribution < 1.29 is 9.84 Å². The minimum Gasteiger partial charge on any atom is -0.389 e. The monoisotopic (exact) mass is 317 g/mol. The summed E-state index contributed by atoms with van der Waals surface area (Å²) in [6, 6.07) is 10.3. The van der Waals surface area contributed by atoms with Gasteiger partial charge >= 0.3 is 0 Å². The molecule has 2 N–H and O–H groups in total. The molecule has 3 nitrogen and oxygen atoms in total. The van der Waals surface area contributed by atoms with Gasteiger partial charge in [0.2, 0.25) is 0 Å². The van der Waals surface area contributed by atoms with Crippen molar-refractivity contribution in [3.05, 3.63) is 35.9 Å². The third-order valence-electron chi connectivity index (χ3n) is 6.76. The van der Waals surface area contributed by atoms with Crippen molar-refractivity contribution >= 4 is 0 Å². The molecule has 0 aromatic heterocycles. The lowest BCUT2D eigenvalue weighted by atomic mass is 9.70. The van der Waals surface area contributed by atoms with Crippen LogP contribution in [0.4, 0.5) is 0 Å². The van der Waals surface area contributed by atoms with Crippen LogP contribution in [0.1, 0.15) is 45.6 Å². The minimum absolute atomic E-state index is 0.273. The fourth-order valence-corrected chi connectivity index (χ4v) is 4.65. The molecule has 1 aromatic carbocycles. The number of hydrogen-bond donors (Lipinski definition) is 2. The van der Waals surface area contributed by atoms with Gasteiger partial charge < -0.3 is 15.2 Å². The molecule has 0 heterocycles. The first kappa shape index (κ1) is 16.9. The first-order valence-electron chi connectivity index (χ1n) is 8.98. The molecule has 3 heteroatoms. The Morgan fingerprint density at radius 1 is 1.26 bits per heavy atom. The summed E-state index contributed by atoms with van der Waals surface area (Å²) >= 11 is 0. The lowest BCUT2D eigenvalue weighted by Gasteiger charge is -2.39. The van der Waals surface area contributed by atoms with Crippen LogP contribution in [0, 0.1) is 16.7 Å². The van der Waals surface area contributed by atoms with Crippen molar-refractivity contribution in [2.24, 2.45) is 16.7 Å². The van der Waals surface area contributed by atoms with Crippen molar-refractivity contribution in [3.8, 4) is 0 Å². The Morgan fingerprint density at radius 2 is 2.00 bits per heavy atom. The van der Waals surface area contributed by atoms with Crippen molar-refractivity contribution in [2.75, 3.05) is 13.2 Å². The number of nitrogens with one attached hydrogen (secondary N) is 1. The van der Waals surface area contributed by atoms with E-state index in [4.69, 9.17) is 4.74 Å². The normalized spacial score (nSPS) is 33.0. The third kappa shape index (κ3) is 3.19. The van der Waals surface area contributed by atoms with E-state index in [1.807, 2.05) is 18.2 Å². The average Bonchev–Trinajstić information content (AvgIpc) is 2.87. The maximum atomic E-state index is 10.2. The summed E-state index contributed by atoms with van der Waals surface area (Å²) in [5, 5.41) is 13.5. The maximum Gasteiger partial charge on any atom is 0.0897 e. The van der Waals surface area contributed by atoms with Gasteiger partial charge in [-0.15, -0.1) is 0 Å². The molecule has 4 unspecified atom stereocenters. The van der Waals surface area contributed by atoms with Crippen LogP contribution < -0.4 is 5.32 Å². The second kappa shape index (κ2) is 6.54. The molecule has 0 aliphatic heterocycles. The molecule has 0 spiro atoms. The van der Waals surface area contributed by atoms with Crippen molar-refractivity contribution in [2.45, 2.75) is 58.8 Å². The quantitative estimate of drug-likeness (QED) is 0.810. The molecule has 0 radical (unpaired) electrons. The Kier molecular flexibility index (Phi) is 4.82. The smallest absolute Gasteiger partial charge is 0.0897 e. The molecule has 2 aliphatic carbocycles. The lowest BCUT2D eigenvalue weighted by molar-refractivity contribution is -0.0742. The van der Waals surface area contributed by atoms with E-state index in [1.165, 1.54) is 18.4 Å². The molecule has 0 saturated heterocycles. The van der Waals surface area contributed by atoms with Crippen LogP contribution in [0.5, 0.6) is 0 Å². The standard InChI is InChI=1S/C20H31NO2/c1-19(2)16-9-10-20(19,3)18(11-16)23-14-17(22)13-21-12-15-7-5-4-6-8-15/h4-8,16-18,21-22H,9-14H2,1-3H3. The topological polar surface area (TPSA) is 41.5 Å². The summed E-state index contributed by atoms with van der Waals surface area (Å²) in [6.45, 7) is 8.96. The Balaban J connectivity index is 1.41. The Hall–Kier alpha value is -0.900. The molecule has 23 heavy (non-hydrogen) atoms. The highest BCUT2D eigenvalue weighted by Crippen LogP contribution is 2.66. The van der Waals surface area contributed by atoms with Gasteiger partial charge in [0.1, 0.15) is 0 Å². The zero-order chi connectivity index (χ0) is 16.5. The zero-order valence-electron chi connectivity index (χ0n) is 14.7. The van der Waals surface area contributed by atoms with E-state index in [1.54, 1.807) is 0 Å². The molecule has 2 fully saturated rings. The summed E-state index contributed by atoms with van der Waals surface area (Å²) in [5.74, 6) is 0.783. The van der Waals surface area contributed by atoms with Gasteiger partial charge in [0.25, 0.3) is 0 Å². The molecule has 128 valence electrons. The first-order chi connectivity index (χ1) is 10.9. The highest BCUT2D eigenvalue weighted by atomic mass is 16.5. The van der Waals surface area contributed by atoms with Gasteiger partial charge in [-0.25, -0.2) is 0 Å². The molecular weight excluding hydrogens is 286 g/mol. The number of hydrogen-bond acceptors (Lipinski definition) is 3. The molecule has 1 aromatic rings. The Bertz CT molecular complexity index is 516. The van der Waals surface area contributed by atoms with Gasteiger partial charge in [-0.05, 0) is 41.6 Å². The molecule has 2 bridgehead atoms. The maximum absolute atomic E-state index is 10.2. The molecule has 3 rings (SSSR count). The van der Waals surface area contributed by atoms with Gasteiger partial charge in [-0.1, -0.05) is 51.1 Å². The van der Waals surface area contributed by atoms with Gasteiger partial charge in [-0.2, -0.15) is 0 Å². The fraction of sp³-hybridized carbons (Fsp3) is 0.700. The molecule has 0 amide bonds.